The molecule has 2 heterocycles. The Balaban J connectivity index is 2.04. The third-order valence-electron chi connectivity index (χ3n) is 2.24. The summed E-state index contributed by atoms with van der Waals surface area (Å²) in [7, 11) is 3.91. The van der Waals surface area contributed by atoms with Gasteiger partial charge in [-0.1, -0.05) is 0 Å². The molecule has 0 aliphatic carbocycles. The number of hydrogen-bond acceptors (Lipinski definition) is 5. The van der Waals surface area contributed by atoms with E-state index in [0.717, 1.165) is 18.0 Å². The van der Waals surface area contributed by atoms with Crippen LogP contribution in [0.15, 0.2) is 12.3 Å². The first kappa shape index (κ1) is 10.5. The minimum Gasteiger partial charge on any atom is -0.459 e. The predicted octanol–water partition coefficient (Wildman–Crippen LogP) is 1.43. The molecule has 1 aliphatic rings. The van der Waals surface area contributed by atoms with E-state index in [0.29, 0.717) is 6.01 Å². The molecule has 0 amide bonds. The van der Waals surface area contributed by atoms with Crippen molar-refractivity contribution in [2.75, 3.05) is 30.5 Å². The zero-order valence-corrected chi connectivity index (χ0v) is 9.83. The van der Waals surface area contributed by atoms with Crippen molar-refractivity contribution < 1.29 is 4.74 Å². The first-order valence-corrected chi connectivity index (χ1v) is 6.16. The van der Waals surface area contributed by atoms with Gasteiger partial charge in [0.2, 0.25) is 0 Å². The molecule has 2 rings (SSSR count). The highest BCUT2D eigenvalue weighted by Crippen LogP contribution is 2.21. The number of ether oxygens (including phenoxy) is 1. The van der Waals surface area contributed by atoms with Crippen LogP contribution in [0.5, 0.6) is 6.01 Å². The van der Waals surface area contributed by atoms with Crippen molar-refractivity contribution in [1.82, 2.24) is 9.97 Å². The van der Waals surface area contributed by atoms with Gasteiger partial charge in [0.05, 0.1) is 0 Å². The Hall–Kier alpha value is -0.970. The van der Waals surface area contributed by atoms with E-state index in [1.165, 1.54) is 5.75 Å². The van der Waals surface area contributed by atoms with Gasteiger partial charge >= 0.3 is 6.01 Å². The van der Waals surface area contributed by atoms with Gasteiger partial charge in [0.15, 0.2) is 0 Å². The van der Waals surface area contributed by atoms with Crippen molar-refractivity contribution >= 4 is 17.6 Å². The van der Waals surface area contributed by atoms with Gasteiger partial charge in [0.1, 0.15) is 11.9 Å². The highest BCUT2D eigenvalue weighted by Gasteiger charge is 2.18. The second-order valence-corrected chi connectivity index (χ2v) is 4.85. The van der Waals surface area contributed by atoms with E-state index in [2.05, 4.69) is 9.97 Å². The summed E-state index contributed by atoms with van der Waals surface area (Å²) in [6, 6.07) is 2.37. The smallest absolute Gasteiger partial charge is 0.318 e. The zero-order valence-electron chi connectivity index (χ0n) is 9.01. The lowest BCUT2D eigenvalue weighted by molar-refractivity contribution is 0.210. The summed E-state index contributed by atoms with van der Waals surface area (Å²) in [6.45, 7) is 0. The topological polar surface area (TPSA) is 38.2 Å². The molecule has 1 atom stereocenters. The average Bonchev–Trinajstić information content (AvgIpc) is 2.71. The summed E-state index contributed by atoms with van der Waals surface area (Å²) in [5.74, 6) is 3.11. The van der Waals surface area contributed by atoms with Gasteiger partial charge in [-0.2, -0.15) is 16.7 Å². The molecule has 15 heavy (non-hydrogen) atoms. The second kappa shape index (κ2) is 4.70. The molecule has 0 saturated carbocycles. The molecule has 0 N–H and O–H groups in total. The molecular weight excluding hydrogens is 210 g/mol. The lowest BCUT2D eigenvalue weighted by atomic mass is 10.3. The molecule has 1 unspecified atom stereocenters. The van der Waals surface area contributed by atoms with Gasteiger partial charge in [0, 0.05) is 26.0 Å². The van der Waals surface area contributed by atoms with Crippen LogP contribution in [0.1, 0.15) is 6.42 Å². The third-order valence-corrected chi connectivity index (χ3v) is 3.37. The molecule has 4 nitrogen and oxygen atoms in total. The normalized spacial score (nSPS) is 20.3. The van der Waals surface area contributed by atoms with E-state index in [-0.39, 0.29) is 6.10 Å². The molecular formula is C10H15N3OS. The highest BCUT2D eigenvalue weighted by molar-refractivity contribution is 7.99. The van der Waals surface area contributed by atoms with E-state index in [1.807, 2.05) is 36.8 Å². The summed E-state index contributed by atoms with van der Waals surface area (Å²) in [5.41, 5.74) is 0. The molecule has 0 radical (unpaired) electrons. The van der Waals surface area contributed by atoms with E-state index >= 15 is 0 Å². The first-order chi connectivity index (χ1) is 7.25. The van der Waals surface area contributed by atoms with Gasteiger partial charge in [-0.05, 0) is 18.2 Å². The van der Waals surface area contributed by atoms with Gasteiger partial charge in [-0.3, -0.25) is 0 Å². The number of rotatable bonds is 3. The largest absolute Gasteiger partial charge is 0.459 e. The monoisotopic (exact) mass is 225 g/mol. The van der Waals surface area contributed by atoms with Gasteiger partial charge < -0.3 is 9.64 Å². The van der Waals surface area contributed by atoms with Crippen molar-refractivity contribution in [3.63, 3.8) is 0 Å². The molecule has 1 aliphatic heterocycles. The molecule has 5 heteroatoms. The van der Waals surface area contributed by atoms with E-state index in [1.54, 1.807) is 6.20 Å². The fourth-order valence-electron chi connectivity index (χ4n) is 1.39. The van der Waals surface area contributed by atoms with Crippen LogP contribution < -0.4 is 9.64 Å². The quantitative estimate of drug-likeness (QED) is 0.778. The van der Waals surface area contributed by atoms with Crippen LogP contribution in [0.25, 0.3) is 0 Å². The van der Waals surface area contributed by atoms with Crippen molar-refractivity contribution in [3.05, 3.63) is 12.3 Å². The summed E-state index contributed by atoms with van der Waals surface area (Å²) in [4.78, 5) is 10.4. The van der Waals surface area contributed by atoms with Gasteiger partial charge in [0.25, 0.3) is 0 Å². The summed E-state index contributed by atoms with van der Waals surface area (Å²) < 4.78 is 5.70. The van der Waals surface area contributed by atoms with Crippen molar-refractivity contribution in [3.8, 4) is 6.01 Å². The van der Waals surface area contributed by atoms with Crippen LogP contribution in [0.4, 0.5) is 5.82 Å². The molecule has 1 aromatic rings. The van der Waals surface area contributed by atoms with Crippen LogP contribution in [0, 0.1) is 0 Å². The summed E-state index contributed by atoms with van der Waals surface area (Å²) in [6.07, 6.45) is 3.12. The fraction of sp³-hybridized carbons (Fsp3) is 0.600. The summed E-state index contributed by atoms with van der Waals surface area (Å²) in [5, 5.41) is 0. The van der Waals surface area contributed by atoms with Gasteiger partial charge in [-0.15, -0.1) is 0 Å². The Kier molecular flexibility index (Phi) is 3.30. The molecule has 0 aromatic carbocycles. The summed E-state index contributed by atoms with van der Waals surface area (Å²) >= 11 is 1.92. The number of anilines is 1. The second-order valence-electron chi connectivity index (χ2n) is 3.70. The lowest BCUT2D eigenvalue weighted by Gasteiger charge is -2.14. The number of nitrogens with zero attached hydrogens (tertiary/aromatic N) is 3. The van der Waals surface area contributed by atoms with Gasteiger partial charge in [-0.25, -0.2) is 4.98 Å². The highest BCUT2D eigenvalue weighted by atomic mass is 32.2. The van der Waals surface area contributed by atoms with E-state index in [4.69, 9.17) is 4.74 Å². The Morgan fingerprint density at radius 2 is 2.40 bits per heavy atom. The number of aromatic nitrogens is 2. The van der Waals surface area contributed by atoms with Crippen LogP contribution in [0.2, 0.25) is 0 Å². The van der Waals surface area contributed by atoms with Crippen molar-refractivity contribution in [1.29, 1.82) is 0 Å². The van der Waals surface area contributed by atoms with E-state index < -0.39 is 0 Å². The van der Waals surface area contributed by atoms with Crippen molar-refractivity contribution in [2.24, 2.45) is 0 Å². The molecule has 0 spiro atoms. The molecule has 1 fully saturated rings. The minimum absolute atomic E-state index is 0.285. The number of thioether (sulfide) groups is 1. The van der Waals surface area contributed by atoms with E-state index in [9.17, 15) is 0 Å². The van der Waals surface area contributed by atoms with Crippen LogP contribution in [-0.4, -0.2) is 41.7 Å². The molecule has 0 bridgehead atoms. The Morgan fingerprint density at radius 3 is 3.07 bits per heavy atom. The number of hydrogen-bond donors (Lipinski definition) is 0. The minimum atomic E-state index is 0.285. The van der Waals surface area contributed by atoms with Crippen molar-refractivity contribution in [2.45, 2.75) is 12.5 Å². The maximum Gasteiger partial charge on any atom is 0.318 e. The lowest BCUT2D eigenvalue weighted by Crippen LogP contribution is -2.18. The maximum absolute atomic E-state index is 5.70. The third kappa shape index (κ3) is 2.75. The SMILES string of the molecule is CN(C)c1ccnc(OC2CCSC2)n1. The average molecular weight is 225 g/mol. The molecule has 82 valence electrons. The zero-order chi connectivity index (χ0) is 10.7. The van der Waals surface area contributed by atoms with Crippen LogP contribution >= 0.6 is 11.8 Å². The van der Waals surface area contributed by atoms with Crippen LogP contribution in [0.3, 0.4) is 0 Å². The predicted molar refractivity (Wildman–Crippen MR) is 62.7 cm³/mol. The Morgan fingerprint density at radius 1 is 1.53 bits per heavy atom. The fourth-order valence-corrected chi connectivity index (χ4v) is 2.49. The Bertz CT molecular complexity index is 326. The van der Waals surface area contributed by atoms with Crippen LogP contribution in [-0.2, 0) is 0 Å². The Labute approximate surface area is 94.1 Å². The first-order valence-electron chi connectivity index (χ1n) is 5.00. The molecule has 1 aromatic heterocycles. The maximum atomic E-state index is 5.70. The molecule has 1 saturated heterocycles. The standard InChI is InChI=1S/C10H15N3OS/c1-13(2)9-3-5-11-10(12-9)14-8-4-6-15-7-8/h3,5,8H,4,6-7H2,1-2H3.